The van der Waals surface area contributed by atoms with Crippen molar-refractivity contribution in [2.75, 3.05) is 71.9 Å². The van der Waals surface area contributed by atoms with E-state index in [0.29, 0.717) is 0 Å². The predicted molar refractivity (Wildman–Crippen MR) is 114 cm³/mol. The number of fused-ring (bicyclic) bond motifs is 1. The zero-order valence-corrected chi connectivity index (χ0v) is 18.0. The molecule has 0 aromatic carbocycles. The Bertz CT molecular complexity index is 807. The van der Waals surface area contributed by atoms with E-state index in [1.54, 1.807) is 0 Å². The summed E-state index contributed by atoms with van der Waals surface area (Å²) < 4.78 is 2.11. The first-order valence-electron chi connectivity index (χ1n) is 10.3. The molecule has 1 aliphatic rings. The second-order valence-corrected chi connectivity index (χ2v) is 7.86. The minimum Gasteiger partial charge on any atom is -0.355 e. The number of nitrogens with zero attached hydrogens (tertiary/aromatic N) is 6. The number of amides is 1. The zero-order chi connectivity index (χ0) is 20.3. The Balaban J connectivity index is 1.94. The maximum Gasteiger partial charge on any atom is 0.255 e. The number of aryl methyl sites for hydroxylation is 1. The highest BCUT2D eigenvalue weighted by Crippen LogP contribution is 2.24. The minimum atomic E-state index is 0.115. The molecule has 1 aliphatic heterocycles. The maximum absolute atomic E-state index is 13.0. The number of carbonyl (C=O) groups is 1. The summed E-state index contributed by atoms with van der Waals surface area (Å²) in [5.74, 6) is 1.24. The second kappa shape index (κ2) is 8.92. The molecule has 1 fully saturated rings. The molecule has 0 radical (unpaired) electrons. The standard InChI is InChI=1S/C21H34N6O/c1-6-18-20(25(7-2)13-10-23(3)4)27-16-17(8-9-19(27)22-18)21(28)26-14-11-24(5)12-15-26/h8-9,16H,6-7,10-15H2,1-5H3. The monoisotopic (exact) mass is 386 g/mol. The molecule has 1 amide bonds. The lowest BCUT2D eigenvalue weighted by Crippen LogP contribution is -2.47. The van der Waals surface area contributed by atoms with Crippen molar-refractivity contribution in [1.29, 1.82) is 0 Å². The maximum atomic E-state index is 13.0. The van der Waals surface area contributed by atoms with Gasteiger partial charge in [-0.3, -0.25) is 9.20 Å². The van der Waals surface area contributed by atoms with Crippen LogP contribution in [0, 0.1) is 0 Å². The van der Waals surface area contributed by atoms with Gasteiger partial charge in [0.1, 0.15) is 11.5 Å². The van der Waals surface area contributed by atoms with Crippen LogP contribution in [-0.4, -0.2) is 96.9 Å². The molecule has 154 valence electrons. The number of carbonyl (C=O) groups excluding carboxylic acids is 1. The topological polar surface area (TPSA) is 47.3 Å². The first kappa shape index (κ1) is 20.6. The van der Waals surface area contributed by atoms with Crippen molar-refractivity contribution in [3.05, 3.63) is 29.6 Å². The van der Waals surface area contributed by atoms with E-state index in [2.05, 4.69) is 54.1 Å². The Morgan fingerprint density at radius 2 is 1.82 bits per heavy atom. The van der Waals surface area contributed by atoms with E-state index < -0.39 is 0 Å². The first-order chi connectivity index (χ1) is 13.4. The molecule has 0 bridgehead atoms. The van der Waals surface area contributed by atoms with Gasteiger partial charge < -0.3 is 19.6 Å². The molecule has 0 atom stereocenters. The van der Waals surface area contributed by atoms with E-state index in [4.69, 9.17) is 4.98 Å². The van der Waals surface area contributed by atoms with Gasteiger partial charge in [0.25, 0.3) is 5.91 Å². The van der Waals surface area contributed by atoms with Crippen LogP contribution in [0.15, 0.2) is 18.3 Å². The number of piperazine rings is 1. The van der Waals surface area contributed by atoms with E-state index in [1.165, 1.54) is 0 Å². The molecular weight excluding hydrogens is 352 g/mol. The van der Waals surface area contributed by atoms with Gasteiger partial charge >= 0.3 is 0 Å². The van der Waals surface area contributed by atoms with Crippen LogP contribution in [0.1, 0.15) is 29.9 Å². The molecule has 0 unspecified atom stereocenters. The summed E-state index contributed by atoms with van der Waals surface area (Å²) in [6.07, 6.45) is 2.85. The van der Waals surface area contributed by atoms with Gasteiger partial charge in [-0.25, -0.2) is 4.98 Å². The number of pyridine rings is 1. The SMILES string of the molecule is CCc1nc2ccc(C(=O)N3CCN(C)CC3)cn2c1N(CC)CCN(C)C. The van der Waals surface area contributed by atoms with Gasteiger partial charge in [0.15, 0.2) is 0 Å². The zero-order valence-electron chi connectivity index (χ0n) is 18.0. The molecule has 3 heterocycles. The van der Waals surface area contributed by atoms with E-state index in [9.17, 15) is 4.79 Å². The highest BCUT2D eigenvalue weighted by molar-refractivity contribution is 5.94. The summed E-state index contributed by atoms with van der Waals surface area (Å²) in [6.45, 7) is 10.6. The van der Waals surface area contributed by atoms with Crippen LogP contribution >= 0.6 is 0 Å². The minimum absolute atomic E-state index is 0.115. The van der Waals surface area contributed by atoms with Crippen molar-refractivity contribution in [2.45, 2.75) is 20.3 Å². The van der Waals surface area contributed by atoms with Gasteiger partial charge in [0.05, 0.1) is 11.3 Å². The third-order valence-corrected chi connectivity index (χ3v) is 5.53. The van der Waals surface area contributed by atoms with Gasteiger partial charge in [0, 0.05) is 52.0 Å². The number of hydrogen-bond donors (Lipinski definition) is 0. The number of likely N-dealkylation sites (N-methyl/N-ethyl adjacent to an activating group) is 3. The summed E-state index contributed by atoms with van der Waals surface area (Å²) in [7, 11) is 6.29. The van der Waals surface area contributed by atoms with Gasteiger partial charge in [-0.1, -0.05) is 6.92 Å². The molecule has 2 aromatic rings. The second-order valence-electron chi connectivity index (χ2n) is 7.86. The number of hydrogen-bond acceptors (Lipinski definition) is 5. The summed E-state index contributed by atoms with van der Waals surface area (Å²) in [6, 6.07) is 3.90. The predicted octanol–water partition coefficient (Wildman–Crippen LogP) is 1.67. The molecule has 0 spiro atoms. The molecule has 7 heteroatoms. The highest BCUT2D eigenvalue weighted by atomic mass is 16.2. The molecule has 0 aliphatic carbocycles. The summed E-state index contributed by atoms with van der Waals surface area (Å²) >= 11 is 0. The van der Waals surface area contributed by atoms with Crippen LogP contribution in [0.3, 0.4) is 0 Å². The Kier molecular flexibility index (Phi) is 6.57. The Hall–Kier alpha value is -2.12. The number of anilines is 1. The first-order valence-corrected chi connectivity index (χ1v) is 10.3. The van der Waals surface area contributed by atoms with Gasteiger partial charge in [-0.15, -0.1) is 0 Å². The van der Waals surface area contributed by atoms with Crippen molar-refractivity contribution >= 4 is 17.4 Å². The van der Waals surface area contributed by atoms with Gasteiger partial charge in [0.2, 0.25) is 0 Å². The number of aromatic nitrogens is 2. The van der Waals surface area contributed by atoms with E-state index in [-0.39, 0.29) is 5.91 Å². The van der Waals surface area contributed by atoms with Crippen LogP contribution in [-0.2, 0) is 6.42 Å². The molecule has 28 heavy (non-hydrogen) atoms. The van der Waals surface area contributed by atoms with Crippen LogP contribution in [0.4, 0.5) is 5.82 Å². The average molecular weight is 387 g/mol. The van der Waals surface area contributed by atoms with Crippen LogP contribution in [0.5, 0.6) is 0 Å². The molecular formula is C21H34N6O. The Labute approximate surface area is 168 Å². The fourth-order valence-electron chi connectivity index (χ4n) is 3.71. The smallest absolute Gasteiger partial charge is 0.255 e. The van der Waals surface area contributed by atoms with Crippen LogP contribution in [0.25, 0.3) is 5.65 Å². The normalized spacial score (nSPS) is 15.6. The van der Waals surface area contributed by atoms with Crippen molar-refractivity contribution in [2.24, 2.45) is 0 Å². The largest absolute Gasteiger partial charge is 0.355 e. The molecule has 3 rings (SSSR count). The van der Waals surface area contributed by atoms with Crippen molar-refractivity contribution in [3.63, 3.8) is 0 Å². The van der Waals surface area contributed by atoms with E-state index in [0.717, 1.165) is 75.0 Å². The molecule has 2 aromatic heterocycles. The summed E-state index contributed by atoms with van der Waals surface area (Å²) in [5.41, 5.74) is 2.73. The lowest BCUT2D eigenvalue weighted by molar-refractivity contribution is 0.0663. The molecule has 0 N–H and O–H groups in total. The Morgan fingerprint density at radius 3 is 2.43 bits per heavy atom. The highest BCUT2D eigenvalue weighted by Gasteiger charge is 2.22. The van der Waals surface area contributed by atoms with Crippen LogP contribution < -0.4 is 4.90 Å². The van der Waals surface area contributed by atoms with Crippen molar-refractivity contribution in [1.82, 2.24) is 24.1 Å². The third-order valence-electron chi connectivity index (χ3n) is 5.53. The third kappa shape index (κ3) is 4.31. The molecule has 1 saturated heterocycles. The number of imidazole rings is 1. The van der Waals surface area contributed by atoms with Crippen LogP contribution in [0.2, 0.25) is 0 Å². The average Bonchev–Trinajstić information content (AvgIpc) is 3.06. The molecule has 0 saturated carbocycles. The summed E-state index contributed by atoms with van der Waals surface area (Å²) in [5, 5.41) is 0. The summed E-state index contributed by atoms with van der Waals surface area (Å²) in [4.78, 5) is 26.7. The van der Waals surface area contributed by atoms with Gasteiger partial charge in [-0.2, -0.15) is 0 Å². The van der Waals surface area contributed by atoms with E-state index >= 15 is 0 Å². The lowest BCUT2D eigenvalue weighted by atomic mass is 10.2. The fraction of sp³-hybridized carbons (Fsp3) is 0.619. The van der Waals surface area contributed by atoms with E-state index in [1.807, 2.05) is 23.2 Å². The van der Waals surface area contributed by atoms with Gasteiger partial charge in [-0.05, 0) is 46.6 Å². The quantitative estimate of drug-likeness (QED) is 0.725. The lowest BCUT2D eigenvalue weighted by Gasteiger charge is -2.32. The fourth-order valence-corrected chi connectivity index (χ4v) is 3.71. The Morgan fingerprint density at radius 1 is 1.11 bits per heavy atom. The molecule has 7 nitrogen and oxygen atoms in total. The van der Waals surface area contributed by atoms with Crippen molar-refractivity contribution < 1.29 is 4.79 Å². The number of rotatable bonds is 7. The van der Waals surface area contributed by atoms with Crippen molar-refractivity contribution in [3.8, 4) is 0 Å².